The van der Waals surface area contributed by atoms with E-state index in [0.717, 1.165) is 43.1 Å². The van der Waals surface area contributed by atoms with Crippen LogP contribution in [0, 0.1) is 5.92 Å². The maximum absolute atomic E-state index is 12.6. The van der Waals surface area contributed by atoms with Crippen molar-refractivity contribution in [1.29, 1.82) is 0 Å². The number of ether oxygens (including phenoxy) is 2. The molecule has 1 atom stereocenters. The molecule has 1 heterocycles. The fraction of sp³-hybridized carbons (Fsp3) is 0.472. The van der Waals surface area contributed by atoms with Crippen molar-refractivity contribution in [3.05, 3.63) is 84.7 Å². The first-order valence-corrected chi connectivity index (χ1v) is 15.6. The summed E-state index contributed by atoms with van der Waals surface area (Å²) in [5.74, 6) is 1.43. The summed E-state index contributed by atoms with van der Waals surface area (Å²) >= 11 is 0. The molecule has 41 heavy (non-hydrogen) atoms. The molecule has 0 aliphatic heterocycles. The van der Waals surface area contributed by atoms with Crippen molar-refractivity contribution in [1.82, 2.24) is 9.97 Å². The zero-order valence-corrected chi connectivity index (χ0v) is 25.2. The van der Waals surface area contributed by atoms with E-state index in [-0.39, 0.29) is 5.88 Å². The van der Waals surface area contributed by atoms with Crippen LogP contribution in [0.15, 0.2) is 73.6 Å². The van der Waals surface area contributed by atoms with Gasteiger partial charge < -0.3 is 9.47 Å². The van der Waals surface area contributed by atoms with E-state index < -0.39 is 5.97 Å². The second kappa shape index (κ2) is 18.8. The second-order valence-electron chi connectivity index (χ2n) is 11.0. The van der Waals surface area contributed by atoms with Crippen molar-refractivity contribution in [3.63, 3.8) is 0 Å². The van der Waals surface area contributed by atoms with Crippen molar-refractivity contribution in [2.24, 2.45) is 5.92 Å². The highest BCUT2D eigenvalue weighted by Gasteiger charge is 2.11. The van der Waals surface area contributed by atoms with Gasteiger partial charge in [-0.2, -0.15) is 0 Å². The summed E-state index contributed by atoms with van der Waals surface area (Å²) in [5, 5.41) is 0. The smallest absolute Gasteiger partial charge is 0.344 e. The molecule has 0 bridgehead atoms. The standard InChI is InChI=1S/C36H48N2O3/c1-4-6-7-8-9-10-11-14-17-30-18-20-32(21-19-30)36(39)41-35-28-37-34(27-38-35)31-22-24-33(25-23-31)40-26-15-12-13-16-29(3)5-2/h4,18-25,27-29H,1,5-17,26H2,2-3H3/t29-/m0/s1. The van der Waals surface area contributed by atoms with E-state index in [4.69, 9.17) is 9.47 Å². The summed E-state index contributed by atoms with van der Waals surface area (Å²) in [5.41, 5.74) is 3.39. The normalized spacial score (nSPS) is 11.7. The largest absolute Gasteiger partial charge is 0.494 e. The molecule has 0 saturated carbocycles. The Kier molecular flexibility index (Phi) is 14.7. The second-order valence-corrected chi connectivity index (χ2v) is 11.0. The van der Waals surface area contributed by atoms with Gasteiger partial charge in [0.05, 0.1) is 30.3 Å². The van der Waals surface area contributed by atoms with E-state index in [9.17, 15) is 4.79 Å². The lowest BCUT2D eigenvalue weighted by molar-refractivity contribution is 0.0727. The van der Waals surface area contributed by atoms with Crippen molar-refractivity contribution in [2.45, 2.75) is 97.3 Å². The monoisotopic (exact) mass is 556 g/mol. The maximum Gasteiger partial charge on any atom is 0.344 e. The molecule has 0 aliphatic rings. The minimum absolute atomic E-state index is 0.184. The Labute approximate surface area is 247 Å². The van der Waals surface area contributed by atoms with E-state index in [2.05, 4.69) is 30.4 Å². The molecule has 0 amide bonds. The topological polar surface area (TPSA) is 61.3 Å². The van der Waals surface area contributed by atoms with Crippen LogP contribution in [0.4, 0.5) is 0 Å². The molecule has 220 valence electrons. The number of esters is 1. The maximum atomic E-state index is 12.6. The van der Waals surface area contributed by atoms with Crippen LogP contribution in [0.25, 0.3) is 11.3 Å². The Morgan fingerprint density at radius 1 is 0.854 bits per heavy atom. The number of carbonyl (C=O) groups is 1. The average molecular weight is 557 g/mol. The first-order chi connectivity index (χ1) is 20.1. The van der Waals surface area contributed by atoms with Gasteiger partial charge in [-0.15, -0.1) is 6.58 Å². The van der Waals surface area contributed by atoms with Gasteiger partial charge in [0, 0.05) is 5.56 Å². The van der Waals surface area contributed by atoms with Gasteiger partial charge in [0.15, 0.2) is 0 Å². The van der Waals surface area contributed by atoms with Crippen LogP contribution in [-0.4, -0.2) is 22.5 Å². The first-order valence-electron chi connectivity index (χ1n) is 15.6. The molecule has 0 unspecified atom stereocenters. The lowest BCUT2D eigenvalue weighted by atomic mass is 10.0. The van der Waals surface area contributed by atoms with Crippen molar-refractivity contribution in [3.8, 4) is 22.9 Å². The van der Waals surface area contributed by atoms with Gasteiger partial charge >= 0.3 is 5.97 Å². The lowest BCUT2D eigenvalue weighted by Crippen LogP contribution is -2.09. The van der Waals surface area contributed by atoms with Crippen molar-refractivity contribution in [2.75, 3.05) is 6.61 Å². The number of aromatic nitrogens is 2. The van der Waals surface area contributed by atoms with Crippen molar-refractivity contribution >= 4 is 5.97 Å². The van der Waals surface area contributed by atoms with Gasteiger partial charge in [-0.05, 0) is 80.0 Å². The quantitative estimate of drug-likeness (QED) is 0.0787. The van der Waals surface area contributed by atoms with E-state index in [0.29, 0.717) is 11.3 Å². The summed E-state index contributed by atoms with van der Waals surface area (Å²) in [6, 6.07) is 15.5. The van der Waals surface area contributed by atoms with Crippen LogP contribution in [0.5, 0.6) is 11.6 Å². The van der Waals surface area contributed by atoms with E-state index in [1.165, 1.54) is 76.0 Å². The summed E-state index contributed by atoms with van der Waals surface area (Å²) in [6.07, 6.45) is 20.9. The fourth-order valence-corrected chi connectivity index (χ4v) is 4.69. The number of hydrogen-bond acceptors (Lipinski definition) is 5. The molecule has 0 saturated heterocycles. The third-order valence-corrected chi connectivity index (χ3v) is 7.60. The number of hydrogen-bond donors (Lipinski definition) is 0. The molecule has 5 nitrogen and oxygen atoms in total. The Hall–Kier alpha value is -3.47. The van der Waals surface area contributed by atoms with Crippen LogP contribution in [-0.2, 0) is 6.42 Å². The number of nitrogens with zero attached hydrogens (tertiary/aromatic N) is 2. The first kappa shape index (κ1) is 32.0. The van der Waals surface area contributed by atoms with Crippen LogP contribution in [0.2, 0.25) is 0 Å². The molecular formula is C36H48N2O3. The SMILES string of the molecule is C=CCCCCCCCCc1ccc(C(=O)Oc2cnc(-c3ccc(OCCCCC[C@@H](C)CC)cc3)cn2)cc1. The zero-order valence-electron chi connectivity index (χ0n) is 25.2. The van der Waals surface area contributed by atoms with Crippen LogP contribution in [0.3, 0.4) is 0 Å². The summed E-state index contributed by atoms with van der Waals surface area (Å²) in [6.45, 7) is 9.08. The Bertz CT molecular complexity index is 1140. The molecule has 0 fully saturated rings. The Morgan fingerprint density at radius 3 is 2.24 bits per heavy atom. The van der Waals surface area contributed by atoms with Gasteiger partial charge in [0.25, 0.3) is 0 Å². The predicted octanol–water partition coefficient (Wildman–Crippen LogP) is 9.81. The van der Waals surface area contributed by atoms with Crippen molar-refractivity contribution < 1.29 is 14.3 Å². The molecule has 3 rings (SSSR count). The molecule has 0 spiro atoms. The molecule has 0 aliphatic carbocycles. The molecule has 5 heteroatoms. The van der Waals surface area contributed by atoms with Gasteiger partial charge in [-0.25, -0.2) is 14.8 Å². The van der Waals surface area contributed by atoms with E-state index in [1.807, 2.05) is 54.6 Å². The van der Waals surface area contributed by atoms with Gasteiger partial charge in [-0.1, -0.05) is 83.4 Å². The minimum Gasteiger partial charge on any atom is -0.494 e. The molecule has 2 aromatic carbocycles. The van der Waals surface area contributed by atoms with Crippen LogP contribution >= 0.6 is 0 Å². The summed E-state index contributed by atoms with van der Waals surface area (Å²) < 4.78 is 11.3. The predicted molar refractivity (Wildman–Crippen MR) is 169 cm³/mol. The van der Waals surface area contributed by atoms with E-state index >= 15 is 0 Å². The van der Waals surface area contributed by atoms with Gasteiger partial charge in [0.1, 0.15) is 5.75 Å². The van der Waals surface area contributed by atoms with Gasteiger partial charge in [0.2, 0.25) is 5.88 Å². The van der Waals surface area contributed by atoms with Crippen LogP contribution < -0.4 is 9.47 Å². The highest BCUT2D eigenvalue weighted by molar-refractivity contribution is 5.90. The Morgan fingerprint density at radius 2 is 1.56 bits per heavy atom. The fourth-order valence-electron chi connectivity index (χ4n) is 4.69. The highest BCUT2D eigenvalue weighted by atomic mass is 16.5. The number of carbonyl (C=O) groups excluding carboxylic acids is 1. The number of aryl methyl sites for hydroxylation is 1. The summed E-state index contributed by atoms with van der Waals surface area (Å²) in [7, 11) is 0. The molecule has 0 N–H and O–H groups in total. The average Bonchev–Trinajstić information content (AvgIpc) is 3.01. The lowest BCUT2D eigenvalue weighted by Gasteiger charge is -2.09. The highest BCUT2D eigenvalue weighted by Crippen LogP contribution is 2.22. The molecule has 0 radical (unpaired) electrons. The van der Waals surface area contributed by atoms with Gasteiger partial charge in [-0.3, -0.25) is 0 Å². The third-order valence-electron chi connectivity index (χ3n) is 7.60. The van der Waals surface area contributed by atoms with Crippen LogP contribution in [0.1, 0.15) is 107 Å². The number of benzene rings is 2. The third kappa shape index (κ3) is 12.3. The summed E-state index contributed by atoms with van der Waals surface area (Å²) in [4.78, 5) is 21.3. The number of allylic oxidation sites excluding steroid dienone is 1. The number of rotatable bonds is 20. The minimum atomic E-state index is -0.431. The molecule has 3 aromatic rings. The zero-order chi connectivity index (χ0) is 29.1. The number of unbranched alkanes of at least 4 members (excludes halogenated alkanes) is 8. The van der Waals surface area contributed by atoms with E-state index in [1.54, 1.807) is 6.20 Å². The molecular weight excluding hydrogens is 508 g/mol. The molecule has 1 aromatic heterocycles. The Balaban J connectivity index is 1.37.